The zero-order valence-corrected chi connectivity index (χ0v) is 16.4. The number of non-ortho nitro benzene ring substituents is 1. The summed E-state index contributed by atoms with van der Waals surface area (Å²) in [5.41, 5.74) is -0.164. The first kappa shape index (κ1) is 20.7. The Morgan fingerprint density at radius 1 is 1.10 bits per heavy atom. The second-order valence-electron chi connectivity index (χ2n) is 6.60. The molecule has 2 aromatic carbocycles. The molecule has 1 aliphatic rings. The van der Waals surface area contributed by atoms with Crippen molar-refractivity contribution in [1.29, 1.82) is 0 Å². The second kappa shape index (κ2) is 9.01. The third kappa shape index (κ3) is 5.30. The van der Waals surface area contributed by atoms with Crippen molar-refractivity contribution in [3.05, 3.63) is 64.7 Å². The first-order valence-electron chi connectivity index (χ1n) is 9.08. The number of para-hydroxylation sites is 1. The number of nitrogens with zero attached hydrogens (tertiary/aromatic N) is 2. The Balaban J connectivity index is 1.50. The van der Waals surface area contributed by atoms with Crippen LogP contribution in [0, 0.1) is 10.1 Å². The van der Waals surface area contributed by atoms with Gasteiger partial charge in [-0.1, -0.05) is 18.2 Å². The molecule has 1 fully saturated rings. The standard InChI is InChI=1S/C19H21N3O6S/c23-19(14-28-17-4-2-1-3-5-17)20-15-10-12-21(13-11-15)29(26,27)18-8-6-16(7-9-18)22(24)25/h1-9,15H,10-14H2,(H,20,23). The fraction of sp³-hybridized carbons (Fsp3) is 0.316. The van der Waals surface area contributed by atoms with Crippen molar-refractivity contribution in [2.45, 2.75) is 23.8 Å². The lowest BCUT2D eigenvalue weighted by molar-refractivity contribution is -0.384. The Hall–Kier alpha value is -2.98. The summed E-state index contributed by atoms with van der Waals surface area (Å²) in [7, 11) is -3.73. The molecule has 0 atom stereocenters. The van der Waals surface area contributed by atoms with E-state index in [4.69, 9.17) is 4.74 Å². The maximum Gasteiger partial charge on any atom is 0.269 e. The quantitative estimate of drug-likeness (QED) is 0.541. The Morgan fingerprint density at radius 2 is 1.72 bits per heavy atom. The molecule has 0 radical (unpaired) electrons. The zero-order valence-electron chi connectivity index (χ0n) is 15.6. The van der Waals surface area contributed by atoms with Crippen molar-refractivity contribution in [1.82, 2.24) is 9.62 Å². The number of nitro groups is 1. The number of hydrogen-bond acceptors (Lipinski definition) is 6. The van der Waals surface area contributed by atoms with Crippen LogP contribution in [0.4, 0.5) is 5.69 Å². The van der Waals surface area contributed by atoms with Gasteiger partial charge in [0, 0.05) is 31.3 Å². The molecular formula is C19H21N3O6S. The molecule has 1 saturated heterocycles. The van der Waals surface area contributed by atoms with E-state index in [1.54, 1.807) is 12.1 Å². The lowest BCUT2D eigenvalue weighted by Gasteiger charge is -2.31. The number of piperidine rings is 1. The highest BCUT2D eigenvalue weighted by Crippen LogP contribution is 2.23. The maximum absolute atomic E-state index is 12.7. The third-order valence-corrected chi connectivity index (χ3v) is 6.53. The monoisotopic (exact) mass is 419 g/mol. The van der Waals surface area contributed by atoms with Crippen molar-refractivity contribution in [3.63, 3.8) is 0 Å². The highest BCUT2D eigenvalue weighted by Gasteiger charge is 2.30. The van der Waals surface area contributed by atoms with E-state index in [1.165, 1.54) is 28.6 Å². The Kier molecular flexibility index (Phi) is 6.45. The number of benzene rings is 2. The minimum absolute atomic E-state index is 0.0156. The largest absolute Gasteiger partial charge is 0.484 e. The fourth-order valence-electron chi connectivity index (χ4n) is 3.06. The van der Waals surface area contributed by atoms with Crippen molar-refractivity contribution >= 4 is 21.6 Å². The van der Waals surface area contributed by atoms with Gasteiger partial charge in [0.1, 0.15) is 5.75 Å². The van der Waals surface area contributed by atoms with Gasteiger partial charge in [-0.3, -0.25) is 14.9 Å². The van der Waals surface area contributed by atoms with Crippen molar-refractivity contribution in [2.24, 2.45) is 0 Å². The predicted octanol–water partition coefficient (Wildman–Crippen LogP) is 1.94. The predicted molar refractivity (Wildman–Crippen MR) is 105 cm³/mol. The molecule has 1 heterocycles. The molecule has 9 nitrogen and oxygen atoms in total. The molecule has 29 heavy (non-hydrogen) atoms. The summed E-state index contributed by atoms with van der Waals surface area (Å²) in [6.45, 7) is 0.402. The first-order valence-corrected chi connectivity index (χ1v) is 10.5. The van der Waals surface area contributed by atoms with Crippen LogP contribution in [0.15, 0.2) is 59.5 Å². The van der Waals surface area contributed by atoms with Gasteiger partial charge in [-0.2, -0.15) is 4.31 Å². The normalized spacial score (nSPS) is 15.6. The Bertz CT molecular complexity index is 955. The number of nitro benzene ring substituents is 1. The summed E-state index contributed by atoms with van der Waals surface area (Å²) in [5.74, 6) is 0.345. The zero-order chi connectivity index (χ0) is 20.9. The minimum Gasteiger partial charge on any atom is -0.484 e. The van der Waals surface area contributed by atoms with Crippen LogP contribution in [0.5, 0.6) is 5.75 Å². The van der Waals surface area contributed by atoms with Crippen LogP contribution in [0.1, 0.15) is 12.8 Å². The van der Waals surface area contributed by atoms with Crippen molar-refractivity contribution < 1.29 is 22.9 Å². The smallest absolute Gasteiger partial charge is 0.269 e. The molecule has 1 aliphatic heterocycles. The second-order valence-corrected chi connectivity index (χ2v) is 8.54. The molecule has 0 spiro atoms. The van der Waals surface area contributed by atoms with Gasteiger partial charge in [-0.15, -0.1) is 0 Å². The van der Waals surface area contributed by atoms with Crippen LogP contribution in [-0.4, -0.2) is 49.3 Å². The number of rotatable bonds is 7. The van der Waals surface area contributed by atoms with Gasteiger partial charge >= 0.3 is 0 Å². The van der Waals surface area contributed by atoms with Crippen LogP contribution >= 0.6 is 0 Å². The van der Waals surface area contributed by atoms with Gasteiger partial charge < -0.3 is 10.1 Å². The van der Waals surface area contributed by atoms with E-state index in [0.29, 0.717) is 18.6 Å². The van der Waals surface area contributed by atoms with E-state index in [-0.39, 0.29) is 42.2 Å². The van der Waals surface area contributed by atoms with E-state index < -0.39 is 14.9 Å². The van der Waals surface area contributed by atoms with Crippen LogP contribution in [-0.2, 0) is 14.8 Å². The number of nitrogens with one attached hydrogen (secondary N) is 1. The molecule has 0 unspecified atom stereocenters. The van der Waals surface area contributed by atoms with E-state index in [1.807, 2.05) is 18.2 Å². The molecule has 154 valence electrons. The Labute approximate surface area is 168 Å². The van der Waals surface area contributed by atoms with Gasteiger partial charge in [-0.05, 0) is 37.1 Å². The van der Waals surface area contributed by atoms with Gasteiger partial charge in [0.15, 0.2) is 6.61 Å². The van der Waals surface area contributed by atoms with Crippen LogP contribution in [0.3, 0.4) is 0 Å². The van der Waals surface area contributed by atoms with Crippen molar-refractivity contribution in [3.8, 4) is 5.75 Å². The molecular weight excluding hydrogens is 398 g/mol. The minimum atomic E-state index is -3.73. The van der Waals surface area contributed by atoms with E-state index >= 15 is 0 Å². The molecule has 0 bridgehead atoms. The highest BCUT2D eigenvalue weighted by molar-refractivity contribution is 7.89. The van der Waals surface area contributed by atoms with Gasteiger partial charge in [0.25, 0.3) is 11.6 Å². The number of carbonyl (C=O) groups is 1. The molecule has 0 saturated carbocycles. The molecule has 1 amide bonds. The third-order valence-electron chi connectivity index (χ3n) is 4.62. The number of sulfonamides is 1. The van der Waals surface area contributed by atoms with Gasteiger partial charge in [-0.25, -0.2) is 8.42 Å². The topological polar surface area (TPSA) is 119 Å². The Morgan fingerprint density at radius 3 is 2.31 bits per heavy atom. The average Bonchev–Trinajstić information content (AvgIpc) is 2.73. The fourth-order valence-corrected chi connectivity index (χ4v) is 4.53. The summed E-state index contributed by atoms with van der Waals surface area (Å²) in [6.07, 6.45) is 0.951. The molecule has 0 aliphatic carbocycles. The summed E-state index contributed by atoms with van der Waals surface area (Å²) in [4.78, 5) is 22.2. The summed E-state index contributed by atoms with van der Waals surface area (Å²) in [6, 6.07) is 13.7. The molecule has 2 aromatic rings. The molecule has 1 N–H and O–H groups in total. The lowest BCUT2D eigenvalue weighted by Crippen LogP contribution is -2.47. The lowest BCUT2D eigenvalue weighted by atomic mass is 10.1. The number of carbonyl (C=O) groups excluding carboxylic acids is 1. The van der Waals surface area contributed by atoms with E-state index in [0.717, 1.165) is 0 Å². The van der Waals surface area contributed by atoms with Crippen LogP contribution < -0.4 is 10.1 Å². The molecule has 0 aromatic heterocycles. The van der Waals surface area contributed by atoms with Crippen molar-refractivity contribution in [2.75, 3.05) is 19.7 Å². The highest BCUT2D eigenvalue weighted by atomic mass is 32.2. The molecule has 3 rings (SSSR count). The summed E-state index contributed by atoms with van der Waals surface area (Å²) in [5, 5.41) is 13.6. The first-order chi connectivity index (χ1) is 13.9. The van der Waals surface area contributed by atoms with Crippen LogP contribution in [0.2, 0.25) is 0 Å². The van der Waals surface area contributed by atoms with Crippen LogP contribution in [0.25, 0.3) is 0 Å². The summed E-state index contributed by atoms with van der Waals surface area (Å²) < 4.78 is 32.1. The maximum atomic E-state index is 12.7. The van der Waals surface area contributed by atoms with Gasteiger partial charge in [0.2, 0.25) is 10.0 Å². The number of hydrogen-bond donors (Lipinski definition) is 1. The number of amides is 1. The van der Waals surface area contributed by atoms with E-state index in [9.17, 15) is 23.3 Å². The van der Waals surface area contributed by atoms with E-state index in [2.05, 4.69) is 5.32 Å². The number of ether oxygens (including phenoxy) is 1. The SMILES string of the molecule is O=C(COc1ccccc1)NC1CCN(S(=O)(=O)c2ccc([N+](=O)[O-])cc2)CC1. The average molecular weight is 419 g/mol. The summed E-state index contributed by atoms with van der Waals surface area (Å²) >= 11 is 0. The van der Waals surface area contributed by atoms with Gasteiger partial charge in [0.05, 0.1) is 9.82 Å². The molecule has 10 heteroatoms.